The zero-order chi connectivity index (χ0) is 7.56. The Hall–Kier alpha value is -0.940. The normalized spacial score (nSPS) is 9.70. The third kappa shape index (κ3) is 1.31. The summed E-state index contributed by atoms with van der Waals surface area (Å²) in [6, 6.07) is 0. The number of nitrogens with zero attached hydrogens (tertiary/aromatic N) is 1. The smallest absolute Gasteiger partial charge is 0.365 e. The SMILES string of the molecule is O=C(O)c1ncc(CO)s1. The highest BCUT2D eigenvalue weighted by Gasteiger charge is 2.07. The summed E-state index contributed by atoms with van der Waals surface area (Å²) in [4.78, 5) is 14.3. The summed E-state index contributed by atoms with van der Waals surface area (Å²) >= 11 is 0.980. The maximum atomic E-state index is 10.2. The molecule has 0 fully saturated rings. The van der Waals surface area contributed by atoms with E-state index in [1.807, 2.05) is 0 Å². The molecule has 2 N–H and O–H groups in total. The molecule has 4 nitrogen and oxygen atoms in total. The zero-order valence-corrected chi connectivity index (χ0v) is 5.76. The molecule has 0 aliphatic heterocycles. The molecular weight excluding hydrogens is 154 g/mol. The van der Waals surface area contributed by atoms with Crippen molar-refractivity contribution in [3.8, 4) is 0 Å². The summed E-state index contributed by atoms with van der Waals surface area (Å²) in [5.41, 5.74) is 0. The van der Waals surface area contributed by atoms with Gasteiger partial charge in [0.25, 0.3) is 0 Å². The Bertz CT molecular complexity index is 245. The first-order chi connectivity index (χ1) is 4.74. The quantitative estimate of drug-likeness (QED) is 0.652. The number of carboxylic acids is 1. The van der Waals surface area contributed by atoms with Gasteiger partial charge in [-0.05, 0) is 0 Å². The summed E-state index contributed by atoms with van der Waals surface area (Å²) < 4.78 is 0. The molecule has 0 aliphatic rings. The summed E-state index contributed by atoms with van der Waals surface area (Å²) in [6.07, 6.45) is 1.36. The first kappa shape index (κ1) is 7.17. The van der Waals surface area contributed by atoms with Crippen LogP contribution in [-0.4, -0.2) is 21.2 Å². The van der Waals surface area contributed by atoms with Crippen LogP contribution in [0.4, 0.5) is 0 Å². The van der Waals surface area contributed by atoms with Crippen LogP contribution in [0.15, 0.2) is 6.20 Å². The molecule has 0 spiro atoms. The number of aromatic carboxylic acids is 1. The molecule has 5 heteroatoms. The second-order valence-corrected chi connectivity index (χ2v) is 2.71. The average Bonchev–Trinajstić information content (AvgIpc) is 2.34. The monoisotopic (exact) mass is 159 g/mol. The van der Waals surface area contributed by atoms with Crippen LogP contribution in [-0.2, 0) is 6.61 Å². The van der Waals surface area contributed by atoms with Gasteiger partial charge in [-0.15, -0.1) is 11.3 Å². The number of aliphatic hydroxyl groups excluding tert-OH is 1. The molecule has 0 aromatic carbocycles. The number of carbonyl (C=O) groups is 1. The number of hydrogen-bond acceptors (Lipinski definition) is 4. The van der Waals surface area contributed by atoms with E-state index >= 15 is 0 Å². The maximum absolute atomic E-state index is 10.2. The van der Waals surface area contributed by atoms with Gasteiger partial charge in [0.1, 0.15) is 0 Å². The van der Waals surface area contributed by atoms with Crippen molar-refractivity contribution in [1.29, 1.82) is 0 Å². The number of thiazole rings is 1. The lowest BCUT2D eigenvalue weighted by Crippen LogP contribution is -1.92. The number of aliphatic hydroxyl groups is 1. The highest BCUT2D eigenvalue weighted by molar-refractivity contribution is 7.13. The van der Waals surface area contributed by atoms with Crippen LogP contribution in [0.2, 0.25) is 0 Å². The van der Waals surface area contributed by atoms with Crippen LogP contribution in [0.1, 0.15) is 14.7 Å². The molecule has 0 radical (unpaired) electrons. The molecule has 0 aliphatic carbocycles. The topological polar surface area (TPSA) is 70.4 Å². The highest BCUT2D eigenvalue weighted by Crippen LogP contribution is 2.11. The summed E-state index contributed by atoms with van der Waals surface area (Å²) in [6.45, 7) is -0.148. The van der Waals surface area contributed by atoms with Crippen LogP contribution in [0.3, 0.4) is 0 Å². The van der Waals surface area contributed by atoms with Crippen LogP contribution in [0, 0.1) is 0 Å². The Labute approximate surface area is 60.8 Å². The Balaban J connectivity index is 2.88. The second-order valence-electron chi connectivity index (χ2n) is 1.59. The van der Waals surface area contributed by atoms with Crippen molar-refractivity contribution in [3.63, 3.8) is 0 Å². The highest BCUT2D eigenvalue weighted by atomic mass is 32.1. The summed E-state index contributed by atoms with van der Waals surface area (Å²) in [5, 5.41) is 16.9. The van der Waals surface area contributed by atoms with Gasteiger partial charge in [0, 0.05) is 6.20 Å². The van der Waals surface area contributed by atoms with Gasteiger partial charge in [-0.3, -0.25) is 0 Å². The van der Waals surface area contributed by atoms with Gasteiger partial charge in [0.2, 0.25) is 5.01 Å². The predicted octanol–water partition coefficient (Wildman–Crippen LogP) is 0.334. The first-order valence-corrected chi connectivity index (χ1v) is 3.34. The molecule has 1 aromatic rings. The Morgan fingerprint density at radius 2 is 2.50 bits per heavy atom. The third-order valence-electron chi connectivity index (χ3n) is 0.892. The van der Waals surface area contributed by atoms with Gasteiger partial charge in [-0.2, -0.15) is 0 Å². The second kappa shape index (κ2) is 2.76. The molecule has 1 rings (SSSR count). The Morgan fingerprint density at radius 3 is 2.80 bits per heavy atom. The van der Waals surface area contributed by atoms with E-state index in [0.717, 1.165) is 11.3 Å². The molecular formula is C5H5NO3S. The number of rotatable bonds is 2. The van der Waals surface area contributed by atoms with Crippen molar-refractivity contribution >= 4 is 17.3 Å². The molecule has 0 amide bonds. The van der Waals surface area contributed by atoms with Gasteiger partial charge in [-0.25, -0.2) is 9.78 Å². The van der Waals surface area contributed by atoms with E-state index < -0.39 is 5.97 Å². The van der Waals surface area contributed by atoms with Crippen molar-refractivity contribution in [2.45, 2.75) is 6.61 Å². The van der Waals surface area contributed by atoms with E-state index in [1.54, 1.807) is 0 Å². The Kier molecular flexibility index (Phi) is 1.98. The Morgan fingerprint density at radius 1 is 1.80 bits per heavy atom. The van der Waals surface area contributed by atoms with Crippen molar-refractivity contribution in [3.05, 3.63) is 16.1 Å². The lowest BCUT2D eigenvalue weighted by Gasteiger charge is -1.80. The minimum atomic E-state index is -1.05. The maximum Gasteiger partial charge on any atom is 0.365 e. The first-order valence-electron chi connectivity index (χ1n) is 2.53. The number of carboxylic acid groups (broad SMARTS) is 1. The van der Waals surface area contributed by atoms with E-state index in [4.69, 9.17) is 10.2 Å². The predicted molar refractivity (Wildman–Crippen MR) is 35.0 cm³/mol. The fourth-order valence-electron chi connectivity index (χ4n) is 0.479. The minimum Gasteiger partial charge on any atom is -0.476 e. The van der Waals surface area contributed by atoms with Gasteiger partial charge >= 0.3 is 5.97 Å². The minimum absolute atomic E-state index is 0.0176. The van der Waals surface area contributed by atoms with E-state index in [0.29, 0.717) is 4.88 Å². The standard InChI is InChI=1S/C5H5NO3S/c7-2-3-1-6-4(10-3)5(8)9/h1,7H,2H2,(H,8,9). The molecule has 0 saturated carbocycles. The number of hydrogen-bond donors (Lipinski definition) is 2. The summed E-state index contributed by atoms with van der Waals surface area (Å²) in [5.74, 6) is -1.05. The van der Waals surface area contributed by atoms with Crippen molar-refractivity contribution in [1.82, 2.24) is 4.98 Å². The molecule has 54 valence electrons. The van der Waals surface area contributed by atoms with Crippen LogP contribution in [0.5, 0.6) is 0 Å². The van der Waals surface area contributed by atoms with Crippen LogP contribution in [0.25, 0.3) is 0 Å². The van der Waals surface area contributed by atoms with E-state index in [1.165, 1.54) is 6.20 Å². The fraction of sp³-hybridized carbons (Fsp3) is 0.200. The largest absolute Gasteiger partial charge is 0.476 e. The lowest BCUT2D eigenvalue weighted by atomic mass is 10.6. The third-order valence-corrected chi connectivity index (χ3v) is 1.86. The molecule has 0 unspecified atom stereocenters. The average molecular weight is 159 g/mol. The van der Waals surface area contributed by atoms with Gasteiger partial charge in [0.05, 0.1) is 11.5 Å². The van der Waals surface area contributed by atoms with E-state index in [2.05, 4.69) is 4.98 Å². The molecule has 1 aromatic heterocycles. The number of aromatic nitrogens is 1. The lowest BCUT2D eigenvalue weighted by molar-refractivity contribution is 0.0696. The van der Waals surface area contributed by atoms with E-state index in [-0.39, 0.29) is 11.6 Å². The molecule has 0 bridgehead atoms. The van der Waals surface area contributed by atoms with Crippen LogP contribution < -0.4 is 0 Å². The van der Waals surface area contributed by atoms with Crippen molar-refractivity contribution in [2.24, 2.45) is 0 Å². The van der Waals surface area contributed by atoms with Gasteiger partial charge in [0.15, 0.2) is 0 Å². The van der Waals surface area contributed by atoms with Gasteiger partial charge in [-0.1, -0.05) is 0 Å². The van der Waals surface area contributed by atoms with Crippen molar-refractivity contribution < 1.29 is 15.0 Å². The zero-order valence-electron chi connectivity index (χ0n) is 4.94. The molecule has 0 saturated heterocycles. The van der Waals surface area contributed by atoms with E-state index in [9.17, 15) is 4.79 Å². The fourth-order valence-corrected chi connectivity index (χ4v) is 1.09. The van der Waals surface area contributed by atoms with Crippen molar-refractivity contribution in [2.75, 3.05) is 0 Å². The van der Waals surface area contributed by atoms with Gasteiger partial charge < -0.3 is 10.2 Å². The molecule has 1 heterocycles. The molecule has 10 heavy (non-hydrogen) atoms. The molecule has 0 atom stereocenters. The summed E-state index contributed by atoms with van der Waals surface area (Å²) in [7, 11) is 0. The van der Waals surface area contributed by atoms with Crippen LogP contribution >= 0.6 is 11.3 Å².